The largest absolute Gasteiger partial charge is 0.464 e. The van der Waals surface area contributed by atoms with E-state index < -0.39 is 12.0 Å². The molecule has 0 spiro atoms. The van der Waals surface area contributed by atoms with Gasteiger partial charge in [0, 0.05) is 12.8 Å². The standard InChI is InChI=1S/C18H29NO4/c1-2-3-4-5-6-7-8-9-10-11-15(20)14-17(21)19-16-12-13-23-18(16)22/h4-5,16H,2-3,6-14H2,1H3,(H,19,21)/t16-/m0/s1. The summed E-state index contributed by atoms with van der Waals surface area (Å²) in [6.45, 7) is 2.51. The number of allylic oxidation sites excluding steroid dienone is 2. The molecule has 1 fully saturated rings. The van der Waals surface area contributed by atoms with E-state index in [-0.39, 0.29) is 18.1 Å². The summed E-state index contributed by atoms with van der Waals surface area (Å²) in [6.07, 6.45) is 12.8. The van der Waals surface area contributed by atoms with E-state index in [9.17, 15) is 14.4 Å². The van der Waals surface area contributed by atoms with Crippen molar-refractivity contribution in [1.29, 1.82) is 0 Å². The molecule has 0 aromatic rings. The van der Waals surface area contributed by atoms with E-state index in [1.807, 2.05) is 0 Å². The van der Waals surface area contributed by atoms with Crippen molar-refractivity contribution in [2.24, 2.45) is 0 Å². The van der Waals surface area contributed by atoms with Crippen molar-refractivity contribution in [3.8, 4) is 0 Å². The Balaban J connectivity index is 1.99. The van der Waals surface area contributed by atoms with Crippen LogP contribution in [0.4, 0.5) is 0 Å². The van der Waals surface area contributed by atoms with E-state index in [1.165, 1.54) is 6.42 Å². The molecule has 1 atom stereocenters. The number of nitrogens with one attached hydrogen (secondary N) is 1. The lowest BCUT2D eigenvalue weighted by atomic mass is 10.1. The number of carbonyl (C=O) groups excluding carboxylic acids is 3. The first-order valence-corrected chi connectivity index (χ1v) is 8.76. The Morgan fingerprint density at radius 3 is 2.61 bits per heavy atom. The predicted molar refractivity (Wildman–Crippen MR) is 88.9 cm³/mol. The maximum absolute atomic E-state index is 11.7. The molecule has 1 aliphatic rings. The fraction of sp³-hybridized carbons (Fsp3) is 0.722. The van der Waals surface area contributed by atoms with Crippen LogP contribution in [0.2, 0.25) is 0 Å². The average molecular weight is 323 g/mol. The molecule has 0 aromatic heterocycles. The molecule has 0 aromatic carbocycles. The Hall–Kier alpha value is -1.65. The summed E-state index contributed by atoms with van der Waals surface area (Å²) in [5.41, 5.74) is 0. The molecule has 23 heavy (non-hydrogen) atoms. The molecular formula is C18H29NO4. The number of unbranched alkanes of at least 4 members (excludes halogenated alkanes) is 5. The lowest BCUT2D eigenvalue weighted by Crippen LogP contribution is -2.38. The van der Waals surface area contributed by atoms with Gasteiger partial charge >= 0.3 is 5.97 Å². The van der Waals surface area contributed by atoms with E-state index in [2.05, 4.69) is 24.4 Å². The fourth-order valence-electron chi connectivity index (χ4n) is 2.48. The number of cyclic esters (lactones) is 1. The monoisotopic (exact) mass is 323 g/mol. The molecule has 0 radical (unpaired) electrons. The van der Waals surface area contributed by atoms with Gasteiger partial charge in [0.15, 0.2) is 0 Å². The van der Waals surface area contributed by atoms with Crippen molar-refractivity contribution in [2.45, 2.75) is 77.2 Å². The van der Waals surface area contributed by atoms with Gasteiger partial charge < -0.3 is 10.1 Å². The van der Waals surface area contributed by atoms with Gasteiger partial charge in [0.05, 0.1) is 13.0 Å². The van der Waals surface area contributed by atoms with Crippen LogP contribution in [0.3, 0.4) is 0 Å². The van der Waals surface area contributed by atoms with E-state index in [4.69, 9.17) is 4.74 Å². The molecule has 1 saturated heterocycles. The van der Waals surface area contributed by atoms with E-state index in [0.717, 1.165) is 38.5 Å². The number of ether oxygens (including phenoxy) is 1. The van der Waals surface area contributed by atoms with Crippen molar-refractivity contribution in [3.05, 3.63) is 12.2 Å². The third-order valence-corrected chi connectivity index (χ3v) is 3.83. The molecule has 0 aliphatic carbocycles. The third kappa shape index (κ3) is 9.16. The number of esters is 1. The highest BCUT2D eigenvalue weighted by molar-refractivity contribution is 5.99. The number of ketones is 1. The quantitative estimate of drug-likeness (QED) is 0.259. The topological polar surface area (TPSA) is 72.5 Å². The van der Waals surface area contributed by atoms with E-state index in [1.54, 1.807) is 0 Å². The zero-order chi connectivity index (χ0) is 16.9. The molecule has 5 nitrogen and oxygen atoms in total. The van der Waals surface area contributed by atoms with Crippen LogP contribution in [-0.2, 0) is 19.1 Å². The van der Waals surface area contributed by atoms with Gasteiger partial charge in [0.1, 0.15) is 11.8 Å². The second kappa shape index (κ2) is 11.9. The number of Topliss-reactive ketones (excluding diaryl/α,β-unsaturated/α-hetero) is 1. The second-order valence-corrected chi connectivity index (χ2v) is 6.00. The molecular weight excluding hydrogens is 294 g/mol. The minimum absolute atomic E-state index is 0.0586. The first kappa shape index (κ1) is 19.4. The highest BCUT2D eigenvalue weighted by Crippen LogP contribution is 2.09. The van der Waals surface area contributed by atoms with Crippen LogP contribution in [0.5, 0.6) is 0 Å². The summed E-state index contributed by atoms with van der Waals surface area (Å²) >= 11 is 0. The summed E-state index contributed by atoms with van der Waals surface area (Å²) < 4.78 is 4.76. The first-order chi connectivity index (χ1) is 11.1. The van der Waals surface area contributed by atoms with Gasteiger partial charge in [0.2, 0.25) is 5.91 Å². The average Bonchev–Trinajstić information content (AvgIpc) is 2.90. The van der Waals surface area contributed by atoms with Gasteiger partial charge in [0.25, 0.3) is 0 Å². The number of carbonyl (C=O) groups is 3. The molecule has 1 amide bonds. The Morgan fingerprint density at radius 1 is 1.17 bits per heavy atom. The lowest BCUT2D eigenvalue weighted by molar-refractivity contribution is -0.142. The highest BCUT2D eigenvalue weighted by Gasteiger charge is 2.28. The van der Waals surface area contributed by atoms with Crippen LogP contribution < -0.4 is 5.32 Å². The van der Waals surface area contributed by atoms with Crippen LogP contribution in [-0.4, -0.2) is 30.3 Å². The minimum atomic E-state index is -0.573. The fourth-order valence-corrected chi connectivity index (χ4v) is 2.48. The van der Waals surface area contributed by atoms with Crippen molar-refractivity contribution in [3.63, 3.8) is 0 Å². The van der Waals surface area contributed by atoms with Gasteiger partial charge in [-0.25, -0.2) is 4.79 Å². The molecule has 0 saturated carbocycles. The number of hydrogen-bond donors (Lipinski definition) is 1. The normalized spacial score (nSPS) is 17.4. The lowest BCUT2D eigenvalue weighted by Gasteiger charge is -2.08. The van der Waals surface area contributed by atoms with E-state index >= 15 is 0 Å². The molecule has 1 rings (SSSR count). The maximum Gasteiger partial charge on any atom is 0.328 e. The smallest absolute Gasteiger partial charge is 0.328 e. The van der Waals surface area contributed by atoms with Crippen LogP contribution in [0.25, 0.3) is 0 Å². The van der Waals surface area contributed by atoms with Gasteiger partial charge in [-0.1, -0.05) is 38.3 Å². The molecule has 1 aliphatic heterocycles. The van der Waals surface area contributed by atoms with Gasteiger partial charge in [-0.2, -0.15) is 0 Å². The zero-order valence-corrected chi connectivity index (χ0v) is 14.1. The minimum Gasteiger partial charge on any atom is -0.464 e. The van der Waals surface area contributed by atoms with E-state index in [0.29, 0.717) is 19.4 Å². The molecule has 1 heterocycles. The summed E-state index contributed by atoms with van der Waals surface area (Å²) in [6, 6.07) is -0.573. The zero-order valence-electron chi connectivity index (χ0n) is 14.1. The Morgan fingerprint density at radius 2 is 1.91 bits per heavy atom. The van der Waals surface area contributed by atoms with Gasteiger partial charge in [-0.3, -0.25) is 9.59 Å². The molecule has 5 heteroatoms. The van der Waals surface area contributed by atoms with Crippen molar-refractivity contribution in [2.75, 3.05) is 6.61 Å². The van der Waals surface area contributed by atoms with Crippen molar-refractivity contribution < 1.29 is 19.1 Å². The van der Waals surface area contributed by atoms with Crippen molar-refractivity contribution in [1.82, 2.24) is 5.32 Å². The molecule has 1 N–H and O–H groups in total. The molecule has 130 valence electrons. The first-order valence-electron chi connectivity index (χ1n) is 8.76. The molecule has 0 bridgehead atoms. The predicted octanol–water partition coefficient (Wildman–Crippen LogP) is 3.07. The highest BCUT2D eigenvalue weighted by atomic mass is 16.5. The van der Waals surface area contributed by atoms with Crippen LogP contribution >= 0.6 is 0 Å². The van der Waals surface area contributed by atoms with Crippen molar-refractivity contribution >= 4 is 17.7 Å². The Kier molecular flexibility index (Phi) is 10.00. The Labute approximate surface area is 138 Å². The summed E-state index contributed by atoms with van der Waals surface area (Å²) in [7, 11) is 0. The number of rotatable bonds is 12. The third-order valence-electron chi connectivity index (χ3n) is 3.83. The van der Waals surface area contributed by atoms with Gasteiger partial charge in [-0.05, 0) is 25.7 Å². The molecule has 0 unspecified atom stereocenters. The van der Waals surface area contributed by atoms with Crippen LogP contribution in [0, 0.1) is 0 Å². The maximum atomic E-state index is 11.7. The summed E-state index contributed by atoms with van der Waals surface area (Å²) in [4.78, 5) is 34.6. The second-order valence-electron chi connectivity index (χ2n) is 6.00. The van der Waals surface area contributed by atoms with Gasteiger partial charge in [-0.15, -0.1) is 0 Å². The van der Waals surface area contributed by atoms with Crippen LogP contribution in [0.1, 0.15) is 71.1 Å². The Bertz CT molecular complexity index is 417. The summed E-state index contributed by atoms with van der Waals surface area (Å²) in [5.74, 6) is -0.838. The number of amides is 1. The summed E-state index contributed by atoms with van der Waals surface area (Å²) in [5, 5.41) is 2.55. The van der Waals surface area contributed by atoms with Crippen LogP contribution in [0.15, 0.2) is 12.2 Å². The number of hydrogen-bond acceptors (Lipinski definition) is 4. The SMILES string of the molecule is CCCC=CCCCCCCC(=O)CC(=O)N[C@H]1CCOC1=O.